The number of rotatable bonds is 3. The smallest absolute Gasteiger partial charge is 0.148 e. The Morgan fingerprint density at radius 1 is 1.29 bits per heavy atom. The van der Waals surface area contributed by atoms with Crippen LogP contribution in [0.25, 0.3) is 0 Å². The van der Waals surface area contributed by atoms with Crippen LogP contribution in [0, 0.1) is 12.7 Å². The molecule has 4 heteroatoms. The van der Waals surface area contributed by atoms with Crippen LogP contribution in [-0.4, -0.2) is 7.05 Å². The SMILES string of the molecule is Cc1ccc(CN(C)c2ccc(N)c(F)c2)o1. The molecule has 2 rings (SSSR count). The Morgan fingerprint density at radius 3 is 2.65 bits per heavy atom. The molecule has 17 heavy (non-hydrogen) atoms. The van der Waals surface area contributed by atoms with Gasteiger partial charge in [-0.1, -0.05) is 0 Å². The van der Waals surface area contributed by atoms with Crippen LogP contribution in [0.15, 0.2) is 34.7 Å². The monoisotopic (exact) mass is 234 g/mol. The number of nitrogens with zero attached hydrogens (tertiary/aromatic N) is 1. The normalized spacial score (nSPS) is 10.5. The first-order valence-electron chi connectivity index (χ1n) is 5.38. The van der Waals surface area contributed by atoms with Gasteiger partial charge in [-0.05, 0) is 37.3 Å². The summed E-state index contributed by atoms with van der Waals surface area (Å²) in [5, 5.41) is 0. The number of nitrogen functional groups attached to an aromatic ring is 1. The summed E-state index contributed by atoms with van der Waals surface area (Å²) in [6.07, 6.45) is 0. The van der Waals surface area contributed by atoms with Gasteiger partial charge in [0, 0.05) is 12.7 Å². The Balaban J connectivity index is 2.14. The highest BCUT2D eigenvalue weighted by molar-refractivity contribution is 5.53. The number of halogens is 1. The van der Waals surface area contributed by atoms with Crippen LogP contribution in [0.4, 0.5) is 15.8 Å². The van der Waals surface area contributed by atoms with Crippen LogP contribution in [0.3, 0.4) is 0 Å². The van der Waals surface area contributed by atoms with Gasteiger partial charge in [0.25, 0.3) is 0 Å². The average Bonchev–Trinajstić information content (AvgIpc) is 2.68. The summed E-state index contributed by atoms with van der Waals surface area (Å²) in [5.41, 5.74) is 6.36. The molecule has 0 aliphatic rings. The fourth-order valence-corrected chi connectivity index (χ4v) is 1.65. The number of furan rings is 1. The third kappa shape index (κ3) is 2.58. The molecule has 0 atom stereocenters. The highest BCUT2D eigenvalue weighted by atomic mass is 19.1. The molecule has 3 nitrogen and oxygen atoms in total. The first-order valence-corrected chi connectivity index (χ1v) is 5.38. The third-order valence-corrected chi connectivity index (χ3v) is 2.61. The minimum absolute atomic E-state index is 0.163. The van der Waals surface area contributed by atoms with Gasteiger partial charge in [0.2, 0.25) is 0 Å². The largest absolute Gasteiger partial charge is 0.464 e. The van der Waals surface area contributed by atoms with Gasteiger partial charge < -0.3 is 15.1 Å². The van der Waals surface area contributed by atoms with Gasteiger partial charge >= 0.3 is 0 Å². The molecule has 0 radical (unpaired) electrons. The van der Waals surface area contributed by atoms with Gasteiger partial charge in [0.05, 0.1) is 12.2 Å². The molecular formula is C13H15FN2O. The minimum Gasteiger partial charge on any atom is -0.464 e. The van der Waals surface area contributed by atoms with Crippen molar-refractivity contribution < 1.29 is 8.81 Å². The Labute approximate surface area is 99.6 Å². The molecule has 0 aliphatic carbocycles. The van der Waals surface area contributed by atoms with Crippen molar-refractivity contribution in [3.63, 3.8) is 0 Å². The fraction of sp³-hybridized carbons (Fsp3) is 0.231. The maximum atomic E-state index is 13.3. The zero-order chi connectivity index (χ0) is 12.4. The topological polar surface area (TPSA) is 42.4 Å². The van der Waals surface area contributed by atoms with E-state index in [0.717, 1.165) is 17.2 Å². The molecule has 2 aromatic rings. The molecule has 0 spiro atoms. The van der Waals surface area contributed by atoms with E-state index >= 15 is 0 Å². The molecule has 0 fully saturated rings. The van der Waals surface area contributed by atoms with E-state index in [1.54, 1.807) is 12.1 Å². The van der Waals surface area contributed by atoms with E-state index in [1.807, 2.05) is 31.0 Å². The number of anilines is 2. The van der Waals surface area contributed by atoms with Crippen molar-refractivity contribution in [2.24, 2.45) is 0 Å². The summed E-state index contributed by atoms with van der Waals surface area (Å²) >= 11 is 0. The summed E-state index contributed by atoms with van der Waals surface area (Å²) < 4.78 is 18.8. The number of hydrogen-bond donors (Lipinski definition) is 1. The number of hydrogen-bond acceptors (Lipinski definition) is 3. The summed E-state index contributed by atoms with van der Waals surface area (Å²) in [6.45, 7) is 2.49. The van der Waals surface area contributed by atoms with E-state index in [0.29, 0.717) is 6.54 Å². The van der Waals surface area contributed by atoms with E-state index in [4.69, 9.17) is 10.2 Å². The second kappa shape index (κ2) is 4.49. The standard InChI is InChI=1S/C13H15FN2O/c1-9-3-5-11(17-9)8-16(2)10-4-6-13(15)12(14)7-10/h3-7H,8,15H2,1-2H3. The molecule has 0 aliphatic heterocycles. The highest BCUT2D eigenvalue weighted by Crippen LogP contribution is 2.21. The quantitative estimate of drug-likeness (QED) is 0.830. The van der Waals surface area contributed by atoms with Gasteiger partial charge in [0.1, 0.15) is 17.3 Å². The van der Waals surface area contributed by atoms with Crippen molar-refractivity contribution in [3.05, 3.63) is 47.7 Å². The molecule has 0 amide bonds. The van der Waals surface area contributed by atoms with Gasteiger partial charge in [-0.2, -0.15) is 0 Å². The predicted octanol–water partition coefficient (Wildman–Crippen LogP) is 2.95. The lowest BCUT2D eigenvalue weighted by molar-refractivity contribution is 0.481. The summed E-state index contributed by atoms with van der Waals surface area (Å²) in [4.78, 5) is 1.90. The first kappa shape index (κ1) is 11.5. The summed E-state index contributed by atoms with van der Waals surface area (Å²) in [7, 11) is 1.88. The van der Waals surface area contributed by atoms with E-state index < -0.39 is 5.82 Å². The minimum atomic E-state index is -0.398. The third-order valence-electron chi connectivity index (χ3n) is 2.61. The molecule has 0 bridgehead atoms. The van der Waals surface area contributed by atoms with Gasteiger partial charge in [-0.25, -0.2) is 4.39 Å². The van der Waals surface area contributed by atoms with Crippen LogP contribution in [0.5, 0.6) is 0 Å². The van der Waals surface area contributed by atoms with Crippen molar-refractivity contribution in [2.75, 3.05) is 17.7 Å². The zero-order valence-electron chi connectivity index (χ0n) is 9.90. The molecule has 2 N–H and O–H groups in total. The Kier molecular flexibility index (Phi) is 3.04. The molecule has 0 unspecified atom stereocenters. The fourth-order valence-electron chi connectivity index (χ4n) is 1.65. The lowest BCUT2D eigenvalue weighted by Crippen LogP contribution is -2.16. The number of benzene rings is 1. The van der Waals surface area contributed by atoms with Crippen LogP contribution in [0.2, 0.25) is 0 Å². The molecule has 1 aromatic heterocycles. The van der Waals surface area contributed by atoms with Crippen molar-refractivity contribution in [1.82, 2.24) is 0 Å². The lowest BCUT2D eigenvalue weighted by atomic mass is 10.2. The maximum Gasteiger partial charge on any atom is 0.148 e. The molecule has 90 valence electrons. The lowest BCUT2D eigenvalue weighted by Gasteiger charge is -2.18. The van der Waals surface area contributed by atoms with E-state index in [-0.39, 0.29) is 5.69 Å². The van der Waals surface area contributed by atoms with Crippen molar-refractivity contribution >= 4 is 11.4 Å². The van der Waals surface area contributed by atoms with Gasteiger partial charge in [-0.3, -0.25) is 0 Å². The average molecular weight is 234 g/mol. The van der Waals surface area contributed by atoms with Gasteiger partial charge in [-0.15, -0.1) is 0 Å². The second-order valence-corrected chi connectivity index (χ2v) is 4.07. The molecule has 0 saturated carbocycles. The highest BCUT2D eigenvalue weighted by Gasteiger charge is 2.07. The first-order chi connectivity index (χ1) is 8.06. The Morgan fingerprint density at radius 2 is 2.06 bits per heavy atom. The van der Waals surface area contributed by atoms with Crippen molar-refractivity contribution in [2.45, 2.75) is 13.5 Å². The van der Waals surface area contributed by atoms with E-state index in [2.05, 4.69) is 0 Å². The number of nitrogens with two attached hydrogens (primary N) is 1. The Hall–Kier alpha value is -1.97. The summed E-state index contributed by atoms with van der Waals surface area (Å²) in [6, 6.07) is 8.60. The second-order valence-electron chi connectivity index (χ2n) is 4.07. The predicted molar refractivity (Wildman–Crippen MR) is 66.4 cm³/mol. The van der Waals surface area contributed by atoms with Crippen molar-refractivity contribution in [1.29, 1.82) is 0 Å². The molecular weight excluding hydrogens is 219 g/mol. The van der Waals surface area contributed by atoms with E-state index in [1.165, 1.54) is 6.07 Å². The van der Waals surface area contributed by atoms with Gasteiger partial charge in [0.15, 0.2) is 0 Å². The van der Waals surface area contributed by atoms with Crippen LogP contribution in [0.1, 0.15) is 11.5 Å². The molecule has 1 heterocycles. The van der Waals surface area contributed by atoms with Crippen molar-refractivity contribution in [3.8, 4) is 0 Å². The van der Waals surface area contributed by atoms with E-state index in [9.17, 15) is 4.39 Å². The zero-order valence-corrected chi connectivity index (χ0v) is 9.90. The number of aryl methyl sites for hydroxylation is 1. The molecule has 1 aromatic carbocycles. The Bertz CT molecular complexity index is 522. The summed E-state index contributed by atoms with van der Waals surface area (Å²) in [5.74, 6) is 1.32. The van der Waals surface area contributed by atoms with Crippen LogP contribution in [-0.2, 0) is 6.54 Å². The van der Waals surface area contributed by atoms with Crippen LogP contribution < -0.4 is 10.6 Å². The molecule has 0 saturated heterocycles. The van der Waals surface area contributed by atoms with Crippen LogP contribution >= 0.6 is 0 Å². The maximum absolute atomic E-state index is 13.3.